The van der Waals surface area contributed by atoms with Crippen LogP contribution in [0.3, 0.4) is 0 Å². The van der Waals surface area contributed by atoms with E-state index in [1.165, 1.54) is 0 Å². The van der Waals surface area contributed by atoms with Gasteiger partial charge in [0.25, 0.3) is 0 Å². The Balaban J connectivity index is 1.98. The number of fused-ring (bicyclic) bond motifs is 1. The highest BCUT2D eigenvalue weighted by Crippen LogP contribution is 2.30. The summed E-state index contributed by atoms with van der Waals surface area (Å²) in [7, 11) is 0. The summed E-state index contributed by atoms with van der Waals surface area (Å²) in [5.74, 6) is 0. The number of hydrogen-bond donors (Lipinski definition) is 0. The number of nitrogens with zero attached hydrogens (tertiary/aromatic N) is 4. The SMILES string of the molecule is Cc1nn2c(-c3cccnc3)ccnc2c1-c1ccc(Br)cc1. The Bertz CT molecular complexity index is 975. The molecule has 0 fully saturated rings. The molecule has 0 unspecified atom stereocenters. The molecule has 5 heteroatoms. The zero-order valence-corrected chi connectivity index (χ0v) is 14.0. The molecule has 0 saturated heterocycles. The van der Waals surface area contributed by atoms with Crippen LogP contribution in [0.1, 0.15) is 5.69 Å². The first-order valence-corrected chi connectivity index (χ1v) is 8.04. The quantitative estimate of drug-likeness (QED) is 0.524. The zero-order valence-electron chi connectivity index (χ0n) is 12.4. The fraction of sp³-hybridized carbons (Fsp3) is 0.0556. The van der Waals surface area contributed by atoms with Gasteiger partial charge in [0.05, 0.1) is 11.4 Å². The molecule has 4 nitrogen and oxygen atoms in total. The summed E-state index contributed by atoms with van der Waals surface area (Å²) in [5, 5.41) is 4.70. The average molecular weight is 365 g/mol. The summed E-state index contributed by atoms with van der Waals surface area (Å²) >= 11 is 3.48. The van der Waals surface area contributed by atoms with Gasteiger partial charge in [0.2, 0.25) is 0 Å². The Hall–Kier alpha value is -2.53. The van der Waals surface area contributed by atoms with Crippen molar-refractivity contribution in [1.29, 1.82) is 0 Å². The molecule has 0 radical (unpaired) electrons. The molecule has 4 aromatic rings. The van der Waals surface area contributed by atoms with Gasteiger partial charge < -0.3 is 0 Å². The van der Waals surface area contributed by atoms with Crippen molar-refractivity contribution in [2.45, 2.75) is 6.92 Å². The van der Waals surface area contributed by atoms with Crippen LogP contribution in [0.2, 0.25) is 0 Å². The third kappa shape index (κ3) is 2.43. The molecule has 0 aliphatic rings. The van der Waals surface area contributed by atoms with Gasteiger partial charge in [-0.15, -0.1) is 0 Å². The lowest BCUT2D eigenvalue weighted by Crippen LogP contribution is -1.96. The molecule has 0 saturated carbocycles. The van der Waals surface area contributed by atoms with Crippen LogP contribution < -0.4 is 0 Å². The summed E-state index contributed by atoms with van der Waals surface area (Å²) in [4.78, 5) is 8.75. The number of halogens is 1. The molecule has 3 aromatic heterocycles. The number of pyridine rings is 1. The normalized spacial score (nSPS) is 11.0. The third-order valence-corrected chi connectivity index (χ3v) is 4.31. The molecule has 3 heterocycles. The number of hydrogen-bond acceptors (Lipinski definition) is 3. The predicted molar refractivity (Wildman–Crippen MR) is 94.1 cm³/mol. The van der Waals surface area contributed by atoms with Crippen LogP contribution in [0.25, 0.3) is 28.0 Å². The van der Waals surface area contributed by atoms with Gasteiger partial charge in [0, 0.05) is 34.2 Å². The van der Waals surface area contributed by atoms with Crippen molar-refractivity contribution in [2.24, 2.45) is 0 Å². The van der Waals surface area contributed by atoms with E-state index in [-0.39, 0.29) is 0 Å². The Labute approximate surface area is 142 Å². The highest BCUT2D eigenvalue weighted by molar-refractivity contribution is 9.10. The number of benzene rings is 1. The van der Waals surface area contributed by atoms with E-state index in [9.17, 15) is 0 Å². The second-order valence-electron chi connectivity index (χ2n) is 5.27. The number of rotatable bonds is 2. The maximum atomic E-state index is 4.70. The van der Waals surface area contributed by atoms with Crippen molar-refractivity contribution in [3.63, 3.8) is 0 Å². The minimum absolute atomic E-state index is 0.853. The van der Waals surface area contributed by atoms with E-state index in [4.69, 9.17) is 5.10 Å². The van der Waals surface area contributed by atoms with Gasteiger partial charge in [-0.3, -0.25) is 4.98 Å². The molecule has 112 valence electrons. The average Bonchev–Trinajstić information content (AvgIpc) is 2.92. The van der Waals surface area contributed by atoms with Crippen molar-refractivity contribution in [3.05, 3.63) is 71.2 Å². The van der Waals surface area contributed by atoms with Gasteiger partial charge in [0.15, 0.2) is 5.65 Å². The van der Waals surface area contributed by atoms with E-state index in [0.717, 1.165) is 38.2 Å². The first-order chi connectivity index (χ1) is 11.2. The highest BCUT2D eigenvalue weighted by atomic mass is 79.9. The summed E-state index contributed by atoms with van der Waals surface area (Å²) in [5.41, 5.74) is 5.97. The number of aromatic nitrogens is 4. The maximum absolute atomic E-state index is 4.70. The van der Waals surface area contributed by atoms with Crippen LogP contribution in [-0.4, -0.2) is 19.6 Å². The van der Waals surface area contributed by atoms with Crippen LogP contribution in [0.4, 0.5) is 0 Å². The lowest BCUT2D eigenvalue weighted by atomic mass is 10.1. The van der Waals surface area contributed by atoms with E-state index in [1.807, 2.05) is 54.2 Å². The second-order valence-corrected chi connectivity index (χ2v) is 6.19. The summed E-state index contributed by atoms with van der Waals surface area (Å²) in [6.07, 6.45) is 5.43. The largest absolute Gasteiger partial charge is 0.264 e. The van der Waals surface area contributed by atoms with Gasteiger partial charge in [-0.1, -0.05) is 28.1 Å². The van der Waals surface area contributed by atoms with Crippen molar-refractivity contribution < 1.29 is 0 Å². The standard InChI is InChI=1S/C18H13BrN4/c1-12-17(13-4-6-15(19)7-5-13)18-21-10-8-16(23(18)22-12)14-3-2-9-20-11-14/h2-11H,1H3. The highest BCUT2D eigenvalue weighted by Gasteiger charge is 2.15. The van der Waals surface area contributed by atoms with Crippen LogP contribution >= 0.6 is 15.9 Å². The first-order valence-electron chi connectivity index (χ1n) is 7.25. The first kappa shape index (κ1) is 14.1. The van der Waals surface area contributed by atoms with Crippen LogP contribution in [0.15, 0.2) is 65.5 Å². The molecule has 0 spiro atoms. The Kier molecular flexibility index (Phi) is 3.42. The third-order valence-electron chi connectivity index (χ3n) is 3.78. The summed E-state index contributed by atoms with van der Waals surface area (Å²) in [6.45, 7) is 2.01. The minimum Gasteiger partial charge on any atom is -0.264 e. The molecule has 0 aliphatic heterocycles. The maximum Gasteiger partial charge on any atom is 0.163 e. The molecular weight excluding hydrogens is 352 g/mol. The molecule has 0 amide bonds. The van der Waals surface area contributed by atoms with Crippen molar-refractivity contribution in [1.82, 2.24) is 19.6 Å². The lowest BCUT2D eigenvalue weighted by Gasteiger charge is -2.04. The van der Waals surface area contributed by atoms with E-state index >= 15 is 0 Å². The van der Waals surface area contributed by atoms with Crippen molar-refractivity contribution >= 4 is 21.6 Å². The fourth-order valence-electron chi connectivity index (χ4n) is 2.74. The Morgan fingerprint density at radius 3 is 2.52 bits per heavy atom. The predicted octanol–water partition coefficient (Wildman–Crippen LogP) is 4.53. The summed E-state index contributed by atoms with van der Waals surface area (Å²) < 4.78 is 2.95. The van der Waals surface area contributed by atoms with Gasteiger partial charge in [-0.25, -0.2) is 9.50 Å². The second kappa shape index (κ2) is 5.59. The van der Waals surface area contributed by atoms with Gasteiger partial charge in [-0.05, 0) is 42.8 Å². The molecule has 4 rings (SSSR count). The molecular formula is C18H13BrN4. The molecule has 23 heavy (non-hydrogen) atoms. The topological polar surface area (TPSA) is 43.1 Å². The van der Waals surface area contributed by atoms with Crippen LogP contribution in [0.5, 0.6) is 0 Å². The zero-order chi connectivity index (χ0) is 15.8. The van der Waals surface area contributed by atoms with E-state index in [1.54, 1.807) is 6.20 Å². The monoisotopic (exact) mass is 364 g/mol. The van der Waals surface area contributed by atoms with E-state index in [2.05, 4.69) is 38.0 Å². The van der Waals surface area contributed by atoms with Crippen LogP contribution in [-0.2, 0) is 0 Å². The molecule has 1 aromatic carbocycles. The Morgan fingerprint density at radius 2 is 1.78 bits per heavy atom. The van der Waals surface area contributed by atoms with E-state index in [0.29, 0.717) is 0 Å². The molecule has 0 atom stereocenters. The van der Waals surface area contributed by atoms with Gasteiger partial charge >= 0.3 is 0 Å². The van der Waals surface area contributed by atoms with E-state index < -0.39 is 0 Å². The smallest absolute Gasteiger partial charge is 0.163 e. The van der Waals surface area contributed by atoms with Crippen molar-refractivity contribution in [3.8, 4) is 22.4 Å². The molecule has 0 aliphatic carbocycles. The van der Waals surface area contributed by atoms with Crippen LogP contribution in [0, 0.1) is 6.92 Å². The molecule has 0 N–H and O–H groups in total. The minimum atomic E-state index is 0.853. The lowest BCUT2D eigenvalue weighted by molar-refractivity contribution is 0.924. The Morgan fingerprint density at radius 1 is 0.957 bits per heavy atom. The van der Waals surface area contributed by atoms with Gasteiger partial charge in [0.1, 0.15) is 0 Å². The number of aryl methyl sites for hydroxylation is 1. The summed E-state index contributed by atoms with van der Waals surface area (Å²) in [6, 6.07) is 14.1. The fourth-order valence-corrected chi connectivity index (χ4v) is 3.00. The van der Waals surface area contributed by atoms with Gasteiger partial charge in [-0.2, -0.15) is 5.10 Å². The molecule has 0 bridgehead atoms. The van der Waals surface area contributed by atoms with Crippen molar-refractivity contribution in [2.75, 3.05) is 0 Å².